The number of allylic oxidation sites excluding steroid dienone is 4. The third kappa shape index (κ3) is 11.1. The van der Waals surface area contributed by atoms with Crippen LogP contribution in [0.5, 0.6) is 0 Å². The van der Waals surface area contributed by atoms with Gasteiger partial charge in [0.2, 0.25) is 5.91 Å². The highest BCUT2D eigenvalue weighted by Gasteiger charge is 2.36. The fourth-order valence-corrected chi connectivity index (χ4v) is 7.21. The predicted octanol–water partition coefficient (Wildman–Crippen LogP) is 5.18. The summed E-state index contributed by atoms with van der Waals surface area (Å²) < 4.78 is 15.6. The van der Waals surface area contributed by atoms with Crippen LogP contribution in [-0.4, -0.2) is 57.1 Å². The SMILES string of the molecule is CCC(CC(O)CNS(=O)c1ccc(C(=O)NC2CCCC2)cc1)C(=O)NC1C2=C(/C=C\C=C/CC2)CC1NO.Cc1ccccc1. The fraction of sp³-hybridized carbons (Fsp3) is 0.459. The molecule has 0 saturated heterocycles. The number of benzene rings is 2. The number of aliphatic hydroxyl groups is 1. The molecule has 47 heavy (non-hydrogen) atoms. The first-order chi connectivity index (χ1) is 22.8. The van der Waals surface area contributed by atoms with Crippen molar-refractivity contribution in [2.75, 3.05) is 6.54 Å². The number of rotatable bonds is 12. The molecule has 6 N–H and O–H groups in total. The van der Waals surface area contributed by atoms with Crippen molar-refractivity contribution < 1.29 is 24.1 Å². The van der Waals surface area contributed by atoms with E-state index in [4.69, 9.17) is 0 Å². The van der Waals surface area contributed by atoms with Crippen molar-refractivity contribution in [3.8, 4) is 0 Å². The van der Waals surface area contributed by atoms with Gasteiger partial charge in [-0.2, -0.15) is 5.48 Å². The van der Waals surface area contributed by atoms with E-state index in [1.54, 1.807) is 24.3 Å². The van der Waals surface area contributed by atoms with Gasteiger partial charge in [-0.1, -0.05) is 80.0 Å². The molecule has 0 aliphatic heterocycles. The van der Waals surface area contributed by atoms with Crippen LogP contribution in [0.15, 0.2) is 94.9 Å². The summed E-state index contributed by atoms with van der Waals surface area (Å²) in [5.74, 6) is -0.726. The first-order valence-corrected chi connectivity index (χ1v) is 17.9. The minimum absolute atomic E-state index is 0.0526. The summed E-state index contributed by atoms with van der Waals surface area (Å²) in [7, 11) is -1.57. The zero-order chi connectivity index (χ0) is 33.6. The molecule has 0 heterocycles. The lowest BCUT2D eigenvalue weighted by atomic mass is 9.95. The van der Waals surface area contributed by atoms with Crippen LogP contribution in [0.3, 0.4) is 0 Å². The van der Waals surface area contributed by atoms with E-state index >= 15 is 0 Å². The van der Waals surface area contributed by atoms with Gasteiger partial charge in [0.15, 0.2) is 0 Å². The van der Waals surface area contributed by atoms with E-state index in [9.17, 15) is 24.1 Å². The molecule has 3 aliphatic carbocycles. The number of aliphatic hydroxyl groups excluding tert-OH is 1. The number of hydrogen-bond donors (Lipinski definition) is 6. The minimum Gasteiger partial charge on any atom is -0.392 e. The second kappa shape index (κ2) is 18.8. The molecule has 10 heteroatoms. The maximum Gasteiger partial charge on any atom is 0.251 e. The smallest absolute Gasteiger partial charge is 0.251 e. The van der Waals surface area contributed by atoms with Gasteiger partial charge < -0.3 is 20.9 Å². The molecule has 5 unspecified atom stereocenters. The number of hydrogen-bond acceptors (Lipinski definition) is 6. The zero-order valence-corrected chi connectivity index (χ0v) is 28.3. The van der Waals surface area contributed by atoms with Crippen molar-refractivity contribution in [1.29, 1.82) is 0 Å². The largest absolute Gasteiger partial charge is 0.392 e. The van der Waals surface area contributed by atoms with Crippen LogP contribution in [-0.2, 0) is 15.8 Å². The van der Waals surface area contributed by atoms with Crippen molar-refractivity contribution in [1.82, 2.24) is 20.8 Å². The second-order valence-electron chi connectivity index (χ2n) is 12.5. The number of carbonyl (C=O) groups is 2. The van der Waals surface area contributed by atoms with E-state index in [1.165, 1.54) is 5.56 Å². The van der Waals surface area contributed by atoms with Crippen LogP contribution in [0.25, 0.3) is 0 Å². The molecule has 1 fully saturated rings. The molecule has 2 aromatic rings. The lowest BCUT2D eigenvalue weighted by Crippen LogP contribution is -2.49. The second-order valence-corrected chi connectivity index (χ2v) is 13.8. The van der Waals surface area contributed by atoms with E-state index in [2.05, 4.69) is 46.0 Å². The van der Waals surface area contributed by atoms with Crippen LogP contribution in [0.4, 0.5) is 0 Å². The summed E-state index contributed by atoms with van der Waals surface area (Å²) in [5.41, 5.74) is 6.46. The van der Waals surface area contributed by atoms with E-state index < -0.39 is 23.0 Å². The highest BCUT2D eigenvalue weighted by molar-refractivity contribution is 7.83. The summed E-state index contributed by atoms with van der Waals surface area (Å²) in [6.45, 7) is 4.04. The number of amides is 2. The third-order valence-electron chi connectivity index (χ3n) is 9.05. The van der Waals surface area contributed by atoms with Gasteiger partial charge in [0.1, 0.15) is 11.0 Å². The van der Waals surface area contributed by atoms with Gasteiger partial charge in [-0.25, -0.2) is 8.93 Å². The van der Waals surface area contributed by atoms with E-state index in [0.717, 1.165) is 49.7 Å². The first-order valence-electron chi connectivity index (χ1n) is 16.8. The Balaban J connectivity index is 0.000000632. The third-order valence-corrected chi connectivity index (χ3v) is 10.2. The van der Waals surface area contributed by atoms with Crippen LogP contribution in [0.2, 0.25) is 0 Å². The molecule has 254 valence electrons. The minimum atomic E-state index is -1.57. The van der Waals surface area contributed by atoms with Gasteiger partial charge in [0.05, 0.1) is 23.1 Å². The van der Waals surface area contributed by atoms with Gasteiger partial charge in [-0.05, 0) is 87.3 Å². The zero-order valence-electron chi connectivity index (χ0n) is 27.5. The van der Waals surface area contributed by atoms with E-state index in [1.807, 2.05) is 43.4 Å². The number of hydroxylamine groups is 1. The van der Waals surface area contributed by atoms with Crippen molar-refractivity contribution in [3.63, 3.8) is 0 Å². The maximum absolute atomic E-state index is 13.2. The van der Waals surface area contributed by atoms with E-state index in [-0.39, 0.29) is 42.9 Å². The molecule has 0 radical (unpaired) electrons. The Hall–Kier alpha value is -3.41. The van der Waals surface area contributed by atoms with Gasteiger partial charge in [0, 0.05) is 24.1 Å². The van der Waals surface area contributed by atoms with Crippen molar-refractivity contribution in [3.05, 3.63) is 101 Å². The lowest BCUT2D eigenvalue weighted by molar-refractivity contribution is -0.126. The van der Waals surface area contributed by atoms with Crippen LogP contribution in [0.1, 0.15) is 80.6 Å². The fourth-order valence-electron chi connectivity index (χ4n) is 6.31. The van der Waals surface area contributed by atoms with E-state index in [0.29, 0.717) is 23.3 Å². The molecule has 1 saturated carbocycles. The average molecular weight is 663 g/mol. The summed E-state index contributed by atoms with van der Waals surface area (Å²) in [5, 5.41) is 26.5. The van der Waals surface area contributed by atoms with Crippen LogP contribution < -0.4 is 20.8 Å². The first kappa shape index (κ1) is 36.4. The van der Waals surface area contributed by atoms with Crippen LogP contribution >= 0.6 is 0 Å². The molecule has 0 bridgehead atoms. The molecule has 5 rings (SSSR count). The quantitative estimate of drug-likeness (QED) is 0.173. The van der Waals surface area contributed by atoms with Crippen LogP contribution in [0, 0.1) is 12.8 Å². The van der Waals surface area contributed by atoms with Gasteiger partial charge in [0.25, 0.3) is 5.91 Å². The molecular weight excluding hydrogens is 612 g/mol. The Morgan fingerprint density at radius 2 is 1.72 bits per heavy atom. The standard InChI is InChI=1S/C30H42N4O5S.C7H8/c1-2-20(29(36)33-28-26-12-6-4-3-5-9-22(26)18-27(28)34-38)17-24(35)19-31-40(39)25-15-13-21(14-16-25)30(37)32-23-10-7-8-11-23;1-7-5-3-2-4-6-7/h3-5,9,13-16,20,23-24,27-28,31,34-35,38H,2,6-8,10-12,17-19H2,1H3,(H,32,37)(H,33,36);2-6H,1H3/b4-3-,9-5-;. The molecule has 9 nitrogen and oxygen atoms in total. The monoisotopic (exact) mass is 662 g/mol. The summed E-state index contributed by atoms with van der Waals surface area (Å²) in [6.07, 6.45) is 14.6. The Kier molecular flexibility index (Phi) is 14.6. The molecule has 3 aliphatic rings. The molecule has 5 atom stereocenters. The van der Waals surface area contributed by atoms with Crippen molar-refractivity contribution >= 4 is 22.8 Å². The molecule has 2 aromatic carbocycles. The average Bonchev–Trinajstić information content (AvgIpc) is 3.70. The maximum atomic E-state index is 13.2. The summed E-state index contributed by atoms with van der Waals surface area (Å²) in [4.78, 5) is 26.1. The topological polar surface area (TPSA) is 140 Å². The lowest BCUT2D eigenvalue weighted by Gasteiger charge is -2.26. The molecular formula is C37H50N4O5S. The highest BCUT2D eigenvalue weighted by atomic mass is 32.2. The Morgan fingerprint density at radius 1 is 1.00 bits per heavy atom. The summed E-state index contributed by atoms with van der Waals surface area (Å²) >= 11 is 0. The Labute approximate surface area is 281 Å². The number of carbonyl (C=O) groups excluding carboxylic acids is 2. The Bertz CT molecular complexity index is 1420. The van der Waals surface area contributed by atoms with Crippen molar-refractivity contribution in [2.45, 2.75) is 101 Å². The summed E-state index contributed by atoms with van der Waals surface area (Å²) in [6, 6.07) is 16.5. The number of nitrogens with one attached hydrogen (secondary N) is 4. The normalized spacial score (nSPS) is 22.5. The molecule has 0 spiro atoms. The van der Waals surface area contributed by atoms with Crippen molar-refractivity contribution in [2.24, 2.45) is 5.92 Å². The van der Waals surface area contributed by atoms with Gasteiger partial charge in [-0.15, -0.1) is 0 Å². The highest BCUT2D eigenvalue weighted by Crippen LogP contribution is 2.32. The Morgan fingerprint density at radius 3 is 2.36 bits per heavy atom. The molecule has 0 aromatic heterocycles. The predicted molar refractivity (Wildman–Crippen MR) is 186 cm³/mol. The number of aryl methyl sites for hydroxylation is 1. The molecule has 2 amide bonds. The van der Waals surface area contributed by atoms with Gasteiger partial charge >= 0.3 is 0 Å². The van der Waals surface area contributed by atoms with Gasteiger partial charge in [-0.3, -0.25) is 9.59 Å².